The molecule has 6 nitrogen and oxygen atoms in total. The Hall–Kier alpha value is -2.77. The van der Waals surface area contributed by atoms with Crippen LogP contribution in [0.15, 0.2) is 58.5 Å². The Kier molecular flexibility index (Phi) is 7.31. The molecule has 3 rings (SSSR count). The minimum atomic E-state index is -3.77. The van der Waals surface area contributed by atoms with Crippen molar-refractivity contribution in [3.05, 3.63) is 76.1 Å². The highest BCUT2D eigenvalue weighted by atomic mass is 35.5. The summed E-state index contributed by atoms with van der Waals surface area (Å²) in [6.07, 6.45) is 2.04. The van der Waals surface area contributed by atoms with Gasteiger partial charge in [0.1, 0.15) is 11.4 Å². The highest BCUT2D eigenvalue weighted by Gasteiger charge is 2.25. The number of ether oxygens (including phenoxy) is 2. The van der Waals surface area contributed by atoms with Crippen LogP contribution in [0.25, 0.3) is 0 Å². The zero-order valence-electron chi connectivity index (χ0n) is 18.5. The monoisotopic (exact) mass is 475 g/mol. The summed E-state index contributed by atoms with van der Waals surface area (Å²) >= 11 is 6.19. The van der Waals surface area contributed by atoms with E-state index in [1.807, 2.05) is 26.0 Å². The zero-order valence-corrected chi connectivity index (χ0v) is 20.1. The number of aromatic nitrogens is 1. The molecule has 3 aromatic rings. The number of carbonyl (C=O) groups excluding carboxylic acids is 1. The van der Waals surface area contributed by atoms with Crippen molar-refractivity contribution in [3.8, 4) is 5.75 Å². The molecule has 0 aliphatic rings. The van der Waals surface area contributed by atoms with E-state index in [1.54, 1.807) is 35.8 Å². The van der Waals surface area contributed by atoms with Gasteiger partial charge < -0.3 is 14.0 Å². The second-order valence-corrected chi connectivity index (χ2v) is 9.88. The third-order valence-electron chi connectivity index (χ3n) is 5.18. The quantitative estimate of drug-likeness (QED) is 0.332. The molecule has 32 heavy (non-hydrogen) atoms. The first-order chi connectivity index (χ1) is 15.1. The van der Waals surface area contributed by atoms with Crippen molar-refractivity contribution in [2.24, 2.45) is 0 Å². The average molecular weight is 476 g/mol. The molecule has 0 N–H and O–H groups in total. The number of sulfone groups is 1. The van der Waals surface area contributed by atoms with E-state index in [0.717, 1.165) is 16.1 Å². The molecule has 1 aromatic heterocycles. The maximum atomic E-state index is 13.1. The molecule has 0 radical (unpaired) electrons. The number of halogens is 1. The van der Waals surface area contributed by atoms with E-state index in [4.69, 9.17) is 21.1 Å². The van der Waals surface area contributed by atoms with Crippen LogP contribution in [0.1, 0.15) is 33.6 Å². The summed E-state index contributed by atoms with van der Waals surface area (Å²) in [6.45, 7) is 6.35. The molecule has 0 atom stereocenters. The molecule has 0 saturated heterocycles. The lowest BCUT2D eigenvalue weighted by Crippen LogP contribution is -2.12. The molecule has 0 aliphatic heterocycles. The van der Waals surface area contributed by atoms with Gasteiger partial charge in [-0.3, -0.25) is 0 Å². The van der Waals surface area contributed by atoms with E-state index >= 15 is 0 Å². The minimum absolute atomic E-state index is 0.0528. The maximum Gasteiger partial charge on any atom is 0.354 e. The van der Waals surface area contributed by atoms with Gasteiger partial charge >= 0.3 is 5.97 Å². The van der Waals surface area contributed by atoms with Gasteiger partial charge in [-0.1, -0.05) is 29.8 Å². The third kappa shape index (κ3) is 5.00. The Morgan fingerprint density at radius 1 is 1.03 bits per heavy atom. The summed E-state index contributed by atoms with van der Waals surface area (Å²) < 4.78 is 38.5. The third-order valence-corrected chi connectivity index (χ3v) is 7.66. The number of benzene rings is 2. The first kappa shape index (κ1) is 23.9. The summed E-state index contributed by atoms with van der Waals surface area (Å²) in [6, 6.07) is 11.9. The van der Waals surface area contributed by atoms with Crippen molar-refractivity contribution in [1.29, 1.82) is 0 Å². The molecule has 0 fully saturated rings. The largest absolute Gasteiger partial charge is 0.494 e. The van der Waals surface area contributed by atoms with Gasteiger partial charge in [-0.15, -0.1) is 0 Å². The molecular formula is C24H26ClNO5S. The predicted octanol–water partition coefficient (Wildman–Crippen LogP) is 5.16. The number of esters is 1. The highest BCUT2D eigenvalue weighted by molar-refractivity contribution is 7.91. The fourth-order valence-corrected chi connectivity index (χ4v) is 5.14. The summed E-state index contributed by atoms with van der Waals surface area (Å²) in [4.78, 5) is 12.5. The number of carbonyl (C=O) groups is 1. The second-order valence-electron chi connectivity index (χ2n) is 7.59. The van der Waals surface area contributed by atoms with Gasteiger partial charge in [-0.25, -0.2) is 13.2 Å². The number of methoxy groups -OCH3 is 1. The van der Waals surface area contributed by atoms with Crippen LogP contribution >= 0.6 is 11.6 Å². The van der Waals surface area contributed by atoms with Crippen LogP contribution in [0.3, 0.4) is 0 Å². The number of hydrogen-bond donors (Lipinski definition) is 0. The number of rotatable bonds is 8. The molecule has 0 aliphatic carbocycles. The minimum Gasteiger partial charge on any atom is -0.494 e. The number of aryl methyl sites for hydroxylation is 4. The fraction of sp³-hybridized carbons (Fsp3) is 0.292. The van der Waals surface area contributed by atoms with Crippen molar-refractivity contribution in [1.82, 2.24) is 4.57 Å². The van der Waals surface area contributed by atoms with Gasteiger partial charge in [0.25, 0.3) is 0 Å². The molecule has 0 amide bonds. The van der Waals surface area contributed by atoms with Gasteiger partial charge in [-0.05, 0) is 68.1 Å². The molecule has 8 heteroatoms. The van der Waals surface area contributed by atoms with Crippen LogP contribution in [-0.4, -0.2) is 32.7 Å². The first-order valence-electron chi connectivity index (χ1n) is 10.1. The van der Waals surface area contributed by atoms with Crippen LogP contribution in [-0.2, 0) is 21.1 Å². The Labute approximate surface area is 193 Å². The van der Waals surface area contributed by atoms with Crippen molar-refractivity contribution in [2.45, 2.75) is 43.5 Å². The van der Waals surface area contributed by atoms with Crippen LogP contribution < -0.4 is 4.74 Å². The summed E-state index contributed by atoms with van der Waals surface area (Å²) in [5, 5.41) is 0.717. The molecule has 170 valence electrons. The van der Waals surface area contributed by atoms with Gasteiger partial charge in [-0.2, -0.15) is 0 Å². The average Bonchev–Trinajstić information content (AvgIpc) is 3.19. The van der Waals surface area contributed by atoms with Crippen LogP contribution in [0.5, 0.6) is 5.75 Å². The summed E-state index contributed by atoms with van der Waals surface area (Å²) in [5.41, 5.74) is 2.69. The van der Waals surface area contributed by atoms with Gasteiger partial charge in [0, 0.05) is 17.8 Å². The molecular weight excluding hydrogens is 450 g/mol. The van der Waals surface area contributed by atoms with E-state index in [1.165, 1.54) is 19.4 Å². The van der Waals surface area contributed by atoms with E-state index in [-0.39, 0.29) is 15.5 Å². The molecule has 0 bridgehead atoms. The molecule has 0 spiro atoms. The lowest BCUT2D eigenvalue weighted by Gasteiger charge is -2.11. The van der Waals surface area contributed by atoms with E-state index in [2.05, 4.69) is 0 Å². The SMILES string of the molecule is COC(=O)c1cc(S(=O)(=O)c2ccccc2C)cn1CCCOc1cc(C)c(Cl)c(C)c1. The van der Waals surface area contributed by atoms with E-state index < -0.39 is 15.8 Å². The number of hydrogen-bond acceptors (Lipinski definition) is 5. The van der Waals surface area contributed by atoms with Crippen molar-refractivity contribution >= 4 is 27.4 Å². The normalized spacial score (nSPS) is 11.4. The van der Waals surface area contributed by atoms with Crippen molar-refractivity contribution in [2.75, 3.05) is 13.7 Å². The standard InChI is InChI=1S/C24H26ClNO5S/c1-16-8-5-6-9-22(16)32(28,29)20-14-21(24(27)30-4)26(15-20)10-7-11-31-19-12-17(2)23(25)18(3)13-19/h5-6,8-9,12-15H,7,10-11H2,1-4H3. The number of nitrogens with zero attached hydrogens (tertiary/aromatic N) is 1. The predicted molar refractivity (Wildman–Crippen MR) is 123 cm³/mol. The smallest absolute Gasteiger partial charge is 0.354 e. The molecule has 2 aromatic carbocycles. The molecule has 0 saturated carbocycles. The lowest BCUT2D eigenvalue weighted by molar-refractivity contribution is 0.0588. The lowest BCUT2D eigenvalue weighted by atomic mass is 10.1. The van der Waals surface area contributed by atoms with E-state index in [9.17, 15) is 13.2 Å². The summed E-state index contributed by atoms with van der Waals surface area (Å²) in [7, 11) is -2.51. The van der Waals surface area contributed by atoms with Gasteiger partial charge in [0.15, 0.2) is 0 Å². The van der Waals surface area contributed by atoms with Crippen LogP contribution in [0, 0.1) is 20.8 Å². The Morgan fingerprint density at radius 3 is 2.31 bits per heavy atom. The topological polar surface area (TPSA) is 74.6 Å². The van der Waals surface area contributed by atoms with Gasteiger partial charge in [0.2, 0.25) is 9.84 Å². The van der Waals surface area contributed by atoms with Crippen LogP contribution in [0.4, 0.5) is 0 Å². The molecule has 0 unspecified atom stereocenters. The van der Waals surface area contributed by atoms with Crippen LogP contribution in [0.2, 0.25) is 5.02 Å². The van der Waals surface area contributed by atoms with Crippen molar-refractivity contribution < 1.29 is 22.7 Å². The highest BCUT2D eigenvalue weighted by Crippen LogP contribution is 2.27. The Bertz CT molecular complexity index is 1220. The Morgan fingerprint density at radius 2 is 1.69 bits per heavy atom. The first-order valence-corrected chi connectivity index (χ1v) is 12.0. The maximum absolute atomic E-state index is 13.1. The second kappa shape index (κ2) is 9.79. The van der Waals surface area contributed by atoms with E-state index in [0.29, 0.717) is 30.9 Å². The molecule has 1 heterocycles. The summed E-state index contributed by atoms with van der Waals surface area (Å²) in [5.74, 6) is 0.119. The Balaban J connectivity index is 1.79. The fourth-order valence-electron chi connectivity index (χ4n) is 3.49. The zero-order chi connectivity index (χ0) is 23.5. The van der Waals surface area contributed by atoms with Crippen molar-refractivity contribution in [3.63, 3.8) is 0 Å². The van der Waals surface area contributed by atoms with Gasteiger partial charge in [0.05, 0.1) is 23.5 Å².